The third-order valence-corrected chi connectivity index (χ3v) is 6.21. The summed E-state index contributed by atoms with van der Waals surface area (Å²) >= 11 is 0. The van der Waals surface area contributed by atoms with Crippen LogP contribution in [0.25, 0.3) is 0 Å². The second-order valence-corrected chi connectivity index (χ2v) is 9.43. The van der Waals surface area contributed by atoms with Crippen molar-refractivity contribution in [2.75, 3.05) is 7.11 Å². The molecule has 1 aliphatic heterocycles. The van der Waals surface area contributed by atoms with Gasteiger partial charge in [-0.3, -0.25) is 14.9 Å². The number of nitriles is 1. The van der Waals surface area contributed by atoms with Crippen molar-refractivity contribution in [2.45, 2.75) is 39.2 Å². The number of halogens is 1. The van der Waals surface area contributed by atoms with Crippen LogP contribution in [-0.2, 0) is 16.1 Å². The molecule has 2 aromatic rings. The highest BCUT2D eigenvalue weighted by Crippen LogP contribution is 2.48. The van der Waals surface area contributed by atoms with Crippen molar-refractivity contribution in [2.24, 2.45) is 11.1 Å². The monoisotopic (exact) mass is 493 g/mol. The number of hydrogen-bond acceptors (Lipinski definition) is 8. The number of ketones is 1. The van der Waals surface area contributed by atoms with Gasteiger partial charge in [0.15, 0.2) is 11.5 Å². The van der Waals surface area contributed by atoms with Crippen LogP contribution in [0.15, 0.2) is 59.2 Å². The summed E-state index contributed by atoms with van der Waals surface area (Å²) < 4.78 is 30.5. The van der Waals surface area contributed by atoms with Gasteiger partial charge in [0.1, 0.15) is 35.6 Å². The number of allylic oxidation sites excluding steroid dienone is 3. The number of ether oxygens (including phenoxy) is 3. The number of methoxy groups -OCH3 is 1. The van der Waals surface area contributed by atoms with E-state index in [1.54, 1.807) is 18.2 Å². The first-order chi connectivity index (χ1) is 17.0. The zero-order valence-electron chi connectivity index (χ0n) is 20.0. The lowest BCUT2D eigenvalue weighted by Crippen LogP contribution is -2.33. The molecule has 0 amide bonds. The standard InChI is InChI=1S/C26H24FN3O6/c1-26(2)10-19(31)24-22(11-26)36-25(29)17(12-28)23(24)14-4-7-20(34-3)15(8-14)13-35-21-9-16(27)5-6-18(21)30(32)33/h4-9,23H,10-11,13,29H2,1-3H3. The summed E-state index contributed by atoms with van der Waals surface area (Å²) in [6.07, 6.45) is 0.777. The number of Topliss-reactive ketones (excluding diaryl/α,β-unsaturated/α-hetero) is 1. The molecule has 4 rings (SSSR count). The Labute approximate surface area is 206 Å². The number of nitrogens with zero attached hydrogens (tertiary/aromatic N) is 2. The van der Waals surface area contributed by atoms with E-state index in [-0.39, 0.29) is 40.7 Å². The van der Waals surface area contributed by atoms with E-state index in [1.807, 2.05) is 13.8 Å². The fourth-order valence-electron chi connectivity index (χ4n) is 4.62. The van der Waals surface area contributed by atoms with Gasteiger partial charge in [-0.1, -0.05) is 19.9 Å². The topological polar surface area (TPSA) is 138 Å². The second kappa shape index (κ2) is 9.34. The van der Waals surface area contributed by atoms with Crippen LogP contribution in [0.4, 0.5) is 10.1 Å². The van der Waals surface area contributed by atoms with Crippen LogP contribution in [-0.4, -0.2) is 17.8 Å². The van der Waals surface area contributed by atoms with E-state index in [4.69, 9.17) is 19.9 Å². The Morgan fingerprint density at radius 3 is 2.67 bits per heavy atom. The van der Waals surface area contributed by atoms with Gasteiger partial charge in [-0.15, -0.1) is 0 Å². The maximum Gasteiger partial charge on any atom is 0.311 e. The Morgan fingerprint density at radius 1 is 1.25 bits per heavy atom. The third kappa shape index (κ3) is 4.60. The van der Waals surface area contributed by atoms with Crippen LogP contribution in [0.2, 0.25) is 0 Å². The predicted octanol–water partition coefficient (Wildman–Crippen LogP) is 4.77. The van der Waals surface area contributed by atoms with Crippen molar-refractivity contribution in [1.29, 1.82) is 5.26 Å². The quantitative estimate of drug-likeness (QED) is 0.449. The highest BCUT2D eigenvalue weighted by molar-refractivity contribution is 6.00. The number of nitro groups is 1. The molecule has 0 fully saturated rings. The van der Waals surface area contributed by atoms with Gasteiger partial charge in [0.2, 0.25) is 5.88 Å². The molecule has 1 aliphatic carbocycles. The molecule has 0 aromatic heterocycles. The molecular formula is C26H24FN3O6. The van der Waals surface area contributed by atoms with Gasteiger partial charge in [-0.25, -0.2) is 4.39 Å². The van der Waals surface area contributed by atoms with E-state index in [0.29, 0.717) is 41.1 Å². The van der Waals surface area contributed by atoms with Crippen LogP contribution < -0.4 is 15.2 Å². The summed E-state index contributed by atoms with van der Waals surface area (Å²) in [4.78, 5) is 23.8. The summed E-state index contributed by atoms with van der Waals surface area (Å²) in [5.41, 5.74) is 6.93. The van der Waals surface area contributed by atoms with Gasteiger partial charge >= 0.3 is 5.69 Å². The van der Waals surface area contributed by atoms with E-state index in [0.717, 1.165) is 18.2 Å². The molecule has 0 saturated carbocycles. The number of hydrogen-bond donors (Lipinski definition) is 1. The molecule has 0 radical (unpaired) electrons. The number of nitro benzene ring substituents is 1. The summed E-state index contributed by atoms with van der Waals surface area (Å²) in [6, 6.07) is 10.1. The largest absolute Gasteiger partial charge is 0.496 e. The maximum atomic E-state index is 13.7. The molecule has 1 heterocycles. The first-order valence-electron chi connectivity index (χ1n) is 11.1. The van der Waals surface area contributed by atoms with Gasteiger partial charge in [-0.05, 0) is 29.2 Å². The molecule has 186 valence electrons. The lowest BCUT2D eigenvalue weighted by Gasteiger charge is -2.37. The number of carbonyl (C=O) groups is 1. The van der Waals surface area contributed by atoms with Crippen molar-refractivity contribution in [3.8, 4) is 17.6 Å². The molecule has 36 heavy (non-hydrogen) atoms. The SMILES string of the molecule is COc1ccc(C2C(C#N)=C(N)OC3=C2C(=O)CC(C)(C)C3)cc1COc1cc(F)ccc1[N+](=O)[O-]. The minimum absolute atomic E-state index is 0.0595. The van der Waals surface area contributed by atoms with E-state index in [2.05, 4.69) is 6.07 Å². The summed E-state index contributed by atoms with van der Waals surface area (Å²) in [7, 11) is 1.45. The van der Waals surface area contributed by atoms with Crippen molar-refractivity contribution in [3.05, 3.63) is 86.2 Å². The van der Waals surface area contributed by atoms with E-state index in [9.17, 15) is 24.6 Å². The van der Waals surface area contributed by atoms with Gasteiger partial charge in [-0.2, -0.15) is 5.26 Å². The molecule has 2 N–H and O–H groups in total. The number of rotatable bonds is 6. The zero-order valence-corrected chi connectivity index (χ0v) is 20.0. The molecule has 9 nitrogen and oxygen atoms in total. The lowest BCUT2D eigenvalue weighted by molar-refractivity contribution is -0.386. The van der Waals surface area contributed by atoms with Crippen molar-refractivity contribution in [3.63, 3.8) is 0 Å². The smallest absolute Gasteiger partial charge is 0.311 e. The average molecular weight is 493 g/mol. The minimum atomic E-state index is -0.754. The number of nitrogens with two attached hydrogens (primary N) is 1. The summed E-state index contributed by atoms with van der Waals surface area (Å²) in [5.74, 6) is -1.01. The van der Waals surface area contributed by atoms with E-state index in [1.165, 1.54) is 7.11 Å². The van der Waals surface area contributed by atoms with Crippen LogP contribution in [0.3, 0.4) is 0 Å². The van der Waals surface area contributed by atoms with Crippen molar-refractivity contribution in [1.82, 2.24) is 0 Å². The number of benzene rings is 2. The van der Waals surface area contributed by atoms with Crippen molar-refractivity contribution < 1.29 is 28.3 Å². The van der Waals surface area contributed by atoms with Gasteiger partial charge in [0.05, 0.1) is 18.0 Å². The summed E-state index contributed by atoms with van der Waals surface area (Å²) in [5, 5.41) is 21.2. The molecule has 2 aromatic carbocycles. The fourth-order valence-corrected chi connectivity index (χ4v) is 4.62. The molecule has 1 atom stereocenters. The minimum Gasteiger partial charge on any atom is -0.496 e. The average Bonchev–Trinajstić information content (AvgIpc) is 2.80. The normalized spacial score (nSPS) is 18.8. The Hall–Kier alpha value is -4.39. The predicted molar refractivity (Wildman–Crippen MR) is 126 cm³/mol. The molecule has 0 spiro atoms. The molecular weight excluding hydrogens is 469 g/mol. The van der Waals surface area contributed by atoms with Crippen LogP contribution in [0.1, 0.15) is 43.7 Å². The first-order valence-corrected chi connectivity index (χ1v) is 11.1. The molecule has 1 unspecified atom stereocenters. The first kappa shape index (κ1) is 24.7. The van der Waals surface area contributed by atoms with Gasteiger partial charge in [0.25, 0.3) is 0 Å². The van der Waals surface area contributed by atoms with Crippen LogP contribution >= 0.6 is 0 Å². The Morgan fingerprint density at radius 2 is 2.00 bits per heavy atom. The maximum absolute atomic E-state index is 13.7. The Bertz CT molecular complexity index is 1370. The molecule has 0 saturated heterocycles. The fraction of sp³-hybridized carbons (Fsp3) is 0.308. The highest BCUT2D eigenvalue weighted by Gasteiger charge is 2.43. The van der Waals surface area contributed by atoms with Crippen LogP contribution in [0, 0.1) is 32.7 Å². The Kier molecular flexibility index (Phi) is 6.41. The molecule has 10 heteroatoms. The highest BCUT2D eigenvalue weighted by atomic mass is 19.1. The van der Waals surface area contributed by atoms with Gasteiger partial charge < -0.3 is 19.9 Å². The zero-order chi connectivity index (χ0) is 26.2. The second-order valence-electron chi connectivity index (χ2n) is 9.43. The molecule has 2 aliphatic rings. The number of carbonyl (C=O) groups excluding carboxylic acids is 1. The van der Waals surface area contributed by atoms with Crippen molar-refractivity contribution >= 4 is 11.5 Å². The van der Waals surface area contributed by atoms with E-state index >= 15 is 0 Å². The Balaban J connectivity index is 1.76. The van der Waals surface area contributed by atoms with E-state index < -0.39 is 16.7 Å². The lowest BCUT2D eigenvalue weighted by atomic mass is 9.70. The summed E-state index contributed by atoms with van der Waals surface area (Å²) in [6.45, 7) is 3.72. The molecule has 0 bridgehead atoms. The van der Waals surface area contributed by atoms with Crippen LogP contribution in [0.5, 0.6) is 11.5 Å². The third-order valence-electron chi connectivity index (χ3n) is 6.21. The van der Waals surface area contributed by atoms with Gasteiger partial charge in [0, 0.05) is 36.1 Å².